The molecule has 0 fully saturated rings. The predicted molar refractivity (Wildman–Crippen MR) is 112 cm³/mol. The molecule has 24 heavy (non-hydrogen) atoms. The van der Waals surface area contributed by atoms with Crippen molar-refractivity contribution in [3.63, 3.8) is 0 Å². The van der Waals surface area contributed by atoms with Crippen LogP contribution in [0.15, 0.2) is 29.3 Å². The summed E-state index contributed by atoms with van der Waals surface area (Å²) in [6.07, 6.45) is 0. The van der Waals surface area contributed by atoms with Crippen LogP contribution in [0, 0.1) is 6.92 Å². The van der Waals surface area contributed by atoms with Crippen LogP contribution in [0.25, 0.3) is 0 Å². The number of rotatable bonds is 6. The number of aliphatic imine (C=N–C) groups is 1. The van der Waals surface area contributed by atoms with Crippen molar-refractivity contribution in [1.82, 2.24) is 15.5 Å². The summed E-state index contributed by atoms with van der Waals surface area (Å²) in [5.74, 6) is 0.657. The Morgan fingerprint density at radius 1 is 1.21 bits per heavy atom. The standard InChI is InChI=1S/C18H30N4O.HI/c1-7-19-17(20-12-16(23)22(5)6)21-13-18(3,4)15-11-9-8-10-14(15)2;/h8-11H,7,12-13H2,1-6H3,(H2,19,20,21);1H. The lowest BCUT2D eigenvalue weighted by Gasteiger charge is -2.28. The van der Waals surface area contributed by atoms with Gasteiger partial charge in [-0.1, -0.05) is 38.1 Å². The summed E-state index contributed by atoms with van der Waals surface area (Å²) in [6, 6.07) is 8.42. The van der Waals surface area contributed by atoms with Crippen LogP contribution in [0.2, 0.25) is 0 Å². The van der Waals surface area contributed by atoms with E-state index in [1.165, 1.54) is 11.1 Å². The van der Waals surface area contributed by atoms with Crippen LogP contribution in [0.4, 0.5) is 0 Å². The average Bonchev–Trinajstić information content (AvgIpc) is 2.49. The topological polar surface area (TPSA) is 56.7 Å². The largest absolute Gasteiger partial charge is 0.357 e. The minimum atomic E-state index is -0.0346. The fourth-order valence-corrected chi connectivity index (χ4v) is 2.36. The molecule has 1 amide bonds. The lowest BCUT2D eigenvalue weighted by atomic mass is 9.82. The molecule has 0 aliphatic heterocycles. The SMILES string of the molecule is CCNC(=NCC(=O)N(C)C)NCC(C)(C)c1ccccc1C.I. The molecular weight excluding hydrogens is 415 g/mol. The van der Waals surface area contributed by atoms with Crippen molar-refractivity contribution in [2.45, 2.75) is 33.1 Å². The minimum Gasteiger partial charge on any atom is -0.357 e. The molecule has 0 bridgehead atoms. The number of hydrogen-bond acceptors (Lipinski definition) is 2. The number of nitrogens with zero attached hydrogens (tertiary/aromatic N) is 2. The van der Waals surface area contributed by atoms with Gasteiger partial charge in [0, 0.05) is 32.6 Å². The van der Waals surface area contributed by atoms with E-state index in [1.807, 2.05) is 6.92 Å². The zero-order valence-corrected chi connectivity index (χ0v) is 18.0. The highest BCUT2D eigenvalue weighted by atomic mass is 127. The van der Waals surface area contributed by atoms with Crippen LogP contribution >= 0.6 is 24.0 Å². The number of amides is 1. The first-order chi connectivity index (χ1) is 10.8. The smallest absolute Gasteiger partial charge is 0.243 e. The number of hydrogen-bond donors (Lipinski definition) is 2. The Morgan fingerprint density at radius 3 is 2.38 bits per heavy atom. The van der Waals surface area contributed by atoms with Crippen LogP contribution in [-0.4, -0.2) is 50.5 Å². The summed E-state index contributed by atoms with van der Waals surface area (Å²) in [6.45, 7) is 10.2. The first-order valence-corrected chi connectivity index (χ1v) is 8.06. The molecule has 0 unspecified atom stereocenters. The molecule has 0 aliphatic carbocycles. The monoisotopic (exact) mass is 446 g/mol. The average molecular weight is 446 g/mol. The van der Waals surface area contributed by atoms with Crippen LogP contribution in [0.5, 0.6) is 0 Å². The molecule has 0 aliphatic rings. The molecule has 0 saturated heterocycles. The summed E-state index contributed by atoms with van der Waals surface area (Å²) >= 11 is 0. The zero-order chi connectivity index (χ0) is 17.5. The molecule has 0 spiro atoms. The molecule has 1 aromatic rings. The summed E-state index contributed by atoms with van der Waals surface area (Å²) in [7, 11) is 3.47. The van der Waals surface area contributed by atoms with Gasteiger partial charge in [-0.3, -0.25) is 4.79 Å². The first kappa shape index (κ1) is 22.7. The normalized spacial score (nSPS) is 11.5. The predicted octanol–water partition coefficient (Wildman–Crippen LogP) is 2.53. The van der Waals surface area contributed by atoms with Gasteiger partial charge in [0.2, 0.25) is 5.91 Å². The third-order valence-corrected chi connectivity index (χ3v) is 3.79. The van der Waals surface area contributed by atoms with Crippen molar-refractivity contribution in [3.8, 4) is 0 Å². The first-order valence-electron chi connectivity index (χ1n) is 8.06. The fourth-order valence-electron chi connectivity index (χ4n) is 2.36. The maximum Gasteiger partial charge on any atom is 0.243 e. The van der Waals surface area contributed by atoms with Crippen molar-refractivity contribution in [2.75, 3.05) is 33.7 Å². The van der Waals surface area contributed by atoms with E-state index in [2.05, 4.69) is 60.7 Å². The van der Waals surface area contributed by atoms with E-state index in [1.54, 1.807) is 19.0 Å². The summed E-state index contributed by atoms with van der Waals surface area (Å²) in [5.41, 5.74) is 2.56. The van der Waals surface area contributed by atoms with E-state index in [9.17, 15) is 4.79 Å². The lowest BCUT2D eigenvalue weighted by molar-refractivity contribution is -0.127. The number of carbonyl (C=O) groups is 1. The van der Waals surface area contributed by atoms with E-state index in [0.717, 1.165) is 13.1 Å². The van der Waals surface area contributed by atoms with Crippen LogP contribution in [0.1, 0.15) is 31.9 Å². The highest BCUT2D eigenvalue weighted by molar-refractivity contribution is 14.0. The number of aryl methyl sites for hydroxylation is 1. The second kappa shape index (κ2) is 10.5. The Labute approximate surface area is 163 Å². The van der Waals surface area contributed by atoms with E-state index in [4.69, 9.17) is 0 Å². The van der Waals surface area contributed by atoms with Gasteiger partial charge in [0.25, 0.3) is 0 Å². The van der Waals surface area contributed by atoms with Crippen LogP contribution in [0.3, 0.4) is 0 Å². The molecule has 1 aromatic carbocycles. The van der Waals surface area contributed by atoms with Crippen molar-refractivity contribution in [1.29, 1.82) is 0 Å². The van der Waals surface area contributed by atoms with Gasteiger partial charge < -0.3 is 15.5 Å². The number of halogens is 1. The van der Waals surface area contributed by atoms with Crippen LogP contribution in [-0.2, 0) is 10.2 Å². The van der Waals surface area contributed by atoms with Gasteiger partial charge in [-0.05, 0) is 25.0 Å². The van der Waals surface area contributed by atoms with Crippen molar-refractivity contribution in [2.24, 2.45) is 4.99 Å². The molecule has 0 saturated carbocycles. The van der Waals surface area contributed by atoms with Gasteiger partial charge in [-0.25, -0.2) is 4.99 Å². The fraction of sp³-hybridized carbons (Fsp3) is 0.556. The third-order valence-electron chi connectivity index (χ3n) is 3.79. The Balaban J connectivity index is 0.00000529. The molecule has 1 rings (SSSR count). The zero-order valence-electron chi connectivity index (χ0n) is 15.6. The Hall–Kier alpha value is -1.31. The quantitative estimate of drug-likeness (QED) is 0.401. The van der Waals surface area contributed by atoms with Crippen molar-refractivity contribution < 1.29 is 4.79 Å². The van der Waals surface area contributed by atoms with Crippen LogP contribution < -0.4 is 10.6 Å². The van der Waals surface area contributed by atoms with Gasteiger partial charge >= 0.3 is 0 Å². The van der Waals surface area contributed by atoms with Gasteiger partial charge in [-0.15, -0.1) is 24.0 Å². The molecule has 5 nitrogen and oxygen atoms in total. The summed E-state index contributed by atoms with van der Waals surface area (Å²) in [5, 5.41) is 6.53. The molecule has 0 radical (unpaired) electrons. The molecule has 0 aromatic heterocycles. The van der Waals surface area contributed by atoms with Crippen molar-refractivity contribution >= 4 is 35.8 Å². The van der Waals surface area contributed by atoms with Crippen molar-refractivity contribution in [3.05, 3.63) is 35.4 Å². The molecule has 136 valence electrons. The highest BCUT2D eigenvalue weighted by Gasteiger charge is 2.22. The Morgan fingerprint density at radius 2 is 1.83 bits per heavy atom. The summed E-state index contributed by atoms with van der Waals surface area (Å²) < 4.78 is 0. The second-order valence-corrected chi connectivity index (χ2v) is 6.54. The molecule has 0 atom stereocenters. The molecule has 6 heteroatoms. The summed E-state index contributed by atoms with van der Waals surface area (Å²) in [4.78, 5) is 17.6. The number of nitrogens with one attached hydrogen (secondary N) is 2. The molecule has 2 N–H and O–H groups in total. The molecule has 0 heterocycles. The van der Waals surface area contributed by atoms with Gasteiger partial charge in [0.05, 0.1) is 0 Å². The van der Waals surface area contributed by atoms with E-state index in [0.29, 0.717) is 5.96 Å². The van der Waals surface area contributed by atoms with E-state index < -0.39 is 0 Å². The second-order valence-electron chi connectivity index (χ2n) is 6.54. The third kappa shape index (κ3) is 7.07. The minimum absolute atomic E-state index is 0. The molecular formula is C18H31IN4O. The maximum absolute atomic E-state index is 11.7. The lowest BCUT2D eigenvalue weighted by Crippen LogP contribution is -2.44. The number of benzene rings is 1. The Kier molecular flexibility index (Phi) is 9.96. The Bertz CT molecular complexity index is 556. The van der Waals surface area contributed by atoms with Gasteiger partial charge in [-0.2, -0.15) is 0 Å². The number of likely N-dealkylation sites (N-methyl/N-ethyl adjacent to an activating group) is 1. The number of carbonyl (C=O) groups excluding carboxylic acids is 1. The van der Waals surface area contributed by atoms with Gasteiger partial charge in [0.1, 0.15) is 6.54 Å². The van der Waals surface area contributed by atoms with Gasteiger partial charge in [0.15, 0.2) is 5.96 Å². The van der Waals surface area contributed by atoms with E-state index >= 15 is 0 Å². The van der Waals surface area contributed by atoms with E-state index in [-0.39, 0.29) is 41.8 Å². The highest BCUT2D eigenvalue weighted by Crippen LogP contribution is 2.25. The number of guanidine groups is 1. The maximum atomic E-state index is 11.7.